The standard InChI is InChI=1S/C16H17F2NO2/c1-11(13-7-3-4-8-14(13)20)19-10-12-6-2-5-9-15(12)21-16(17)18/h2-9,11,16,19-20H,10H2,1H3. The largest absolute Gasteiger partial charge is 0.508 e. The van der Waals surface area contributed by atoms with Crippen molar-refractivity contribution in [2.24, 2.45) is 0 Å². The molecule has 21 heavy (non-hydrogen) atoms. The van der Waals surface area contributed by atoms with Crippen LogP contribution in [0.3, 0.4) is 0 Å². The second-order valence-corrected chi connectivity index (χ2v) is 4.65. The Bertz CT molecular complexity index is 590. The van der Waals surface area contributed by atoms with Crippen molar-refractivity contribution in [1.82, 2.24) is 5.32 Å². The number of benzene rings is 2. The maximum Gasteiger partial charge on any atom is 0.387 e. The van der Waals surface area contributed by atoms with E-state index in [1.165, 1.54) is 6.07 Å². The van der Waals surface area contributed by atoms with Crippen LogP contribution < -0.4 is 10.1 Å². The minimum atomic E-state index is -2.85. The summed E-state index contributed by atoms with van der Waals surface area (Å²) in [5, 5.41) is 13.0. The van der Waals surface area contributed by atoms with Crippen LogP contribution in [0.1, 0.15) is 24.1 Å². The Morgan fingerprint density at radius 3 is 2.48 bits per heavy atom. The number of nitrogens with one attached hydrogen (secondary N) is 1. The molecular weight excluding hydrogens is 276 g/mol. The predicted octanol–water partition coefficient (Wildman–Crippen LogP) is 3.84. The van der Waals surface area contributed by atoms with Gasteiger partial charge >= 0.3 is 6.61 Å². The number of hydrogen-bond donors (Lipinski definition) is 2. The van der Waals surface area contributed by atoms with E-state index in [-0.39, 0.29) is 17.5 Å². The van der Waals surface area contributed by atoms with Gasteiger partial charge in [0.2, 0.25) is 0 Å². The van der Waals surface area contributed by atoms with Crippen molar-refractivity contribution in [3.8, 4) is 11.5 Å². The smallest absolute Gasteiger partial charge is 0.387 e. The Balaban J connectivity index is 2.05. The first-order chi connectivity index (χ1) is 10.1. The second kappa shape index (κ2) is 7.04. The number of alkyl halides is 2. The van der Waals surface area contributed by atoms with Crippen LogP contribution in [0.4, 0.5) is 8.78 Å². The molecule has 0 bridgehead atoms. The van der Waals surface area contributed by atoms with E-state index >= 15 is 0 Å². The van der Waals surface area contributed by atoms with E-state index in [9.17, 15) is 13.9 Å². The average Bonchev–Trinajstić information content (AvgIpc) is 2.46. The third-order valence-electron chi connectivity index (χ3n) is 3.19. The number of aromatic hydroxyl groups is 1. The summed E-state index contributed by atoms with van der Waals surface area (Å²) >= 11 is 0. The summed E-state index contributed by atoms with van der Waals surface area (Å²) in [7, 11) is 0. The second-order valence-electron chi connectivity index (χ2n) is 4.65. The molecule has 0 saturated heterocycles. The van der Waals surface area contributed by atoms with Gasteiger partial charge in [0.15, 0.2) is 0 Å². The van der Waals surface area contributed by atoms with E-state index in [1.54, 1.807) is 30.3 Å². The summed E-state index contributed by atoms with van der Waals surface area (Å²) in [4.78, 5) is 0. The molecular formula is C16H17F2NO2. The van der Waals surface area contributed by atoms with Gasteiger partial charge in [-0.3, -0.25) is 0 Å². The molecule has 0 spiro atoms. The number of para-hydroxylation sites is 2. The fraction of sp³-hybridized carbons (Fsp3) is 0.250. The zero-order chi connectivity index (χ0) is 15.2. The SMILES string of the molecule is CC(NCc1ccccc1OC(F)F)c1ccccc1O. The zero-order valence-electron chi connectivity index (χ0n) is 11.6. The average molecular weight is 293 g/mol. The Kier molecular flexibility index (Phi) is 5.11. The van der Waals surface area contributed by atoms with Crippen molar-refractivity contribution < 1.29 is 18.6 Å². The van der Waals surface area contributed by atoms with Crippen LogP contribution in [0.2, 0.25) is 0 Å². The van der Waals surface area contributed by atoms with E-state index in [2.05, 4.69) is 10.1 Å². The summed E-state index contributed by atoms with van der Waals surface area (Å²) in [5.74, 6) is 0.360. The highest BCUT2D eigenvalue weighted by atomic mass is 19.3. The molecule has 0 heterocycles. The van der Waals surface area contributed by atoms with Crippen LogP contribution in [0, 0.1) is 0 Å². The predicted molar refractivity (Wildman–Crippen MR) is 76.4 cm³/mol. The summed E-state index contributed by atoms with van der Waals surface area (Å²) in [6, 6.07) is 13.5. The van der Waals surface area contributed by atoms with Gasteiger partial charge in [0, 0.05) is 23.7 Å². The van der Waals surface area contributed by atoms with Crippen molar-refractivity contribution in [2.45, 2.75) is 26.1 Å². The molecule has 0 aliphatic carbocycles. The topological polar surface area (TPSA) is 41.5 Å². The summed E-state index contributed by atoms with van der Waals surface area (Å²) in [6.45, 7) is -0.592. The first kappa shape index (κ1) is 15.3. The molecule has 112 valence electrons. The monoisotopic (exact) mass is 293 g/mol. The number of rotatable bonds is 6. The van der Waals surface area contributed by atoms with Crippen LogP contribution in [0.5, 0.6) is 11.5 Å². The highest BCUT2D eigenvalue weighted by Crippen LogP contribution is 2.25. The van der Waals surface area contributed by atoms with E-state index in [1.807, 2.05) is 19.1 Å². The maximum absolute atomic E-state index is 12.3. The van der Waals surface area contributed by atoms with Gasteiger partial charge in [-0.15, -0.1) is 0 Å². The van der Waals surface area contributed by atoms with E-state index < -0.39 is 6.61 Å². The number of phenolic OH excluding ortho intramolecular Hbond substituents is 1. The van der Waals surface area contributed by atoms with Gasteiger partial charge in [-0.2, -0.15) is 8.78 Å². The summed E-state index contributed by atoms with van der Waals surface area (Å²) in [5.41, 5.74) is 1.39. The Hall–Kier alpha value is -2.14. The third kappa shape index (κ3) is 4.16. The minimum Gasteiger partial charge on any atom is -0.508 e. The number of phenols is 1. The summed E-state index contributed by atoms with van der Waals surface area (Å²) in [6.07, 6.45) is 0. The van der Waals surface area contributed by atoms with Crippen molar-refractivity contribution in [1.29, 1.82) is 0 Å². The van der Waals surface area contributed by atoms with E-state index in [4.69, 9.17) is 0 Å². The van der Waals surface area contributed by atoms with Crippen LogP contribution in [-0.2, 0) is 6.54 Å². The van der Waals surface area contributed by atoms with Gasteiger partial charge in [0.1, 0.15) is 11.5 Å². The quantitative estimate of drug-likeness (QED) is 0.850. The fourth-order valence-corrected chi connectivity index (χ4v) is 2.09. The highest BCUT2D eigenvalue weighted by Gasteiger charge is 2.12. The molecule has 2 aromatic carbocycles. The van der Waals surface area contributed by atoms with Crippen LogP contribution in [0.15, 0.2) is 48.5 Å². The molecule has 1 atom stereocenters. The van der Waals surface area contributed by atoms with E-state index in [0.717, 1.165) is 5.56 Å². The molecule has 0 aliphatic rings. The van der Waals surface area contributed by atoms with E-state index in [0.29, 0.717) is 12.1 Å². The molecule has 0 saturated carbocycles. The third-order valence-corrected chi connectivity index (χ3v) is 3.19. The van der Waals surface area contributed by atoms with Gasteiger partial charge in [-0.1, -0.05) is 36.4 Å². The first-order valence-corrected chi connectivity index (χ1v) is 6.62. The molecule has 0 radical (unpaired) electrons. The van der Waals surface area contributed by atoms with Gasteiger partial charge < -0.3 is 15.2 Å². The van der Waals surface area contributed by atoms with Crippen molar-refractivity contribution in [3.05, 3.63) is 59.7 Å². The zero-order valence-corrected chi connectivity index (χ0v) is 11.6. The van der Waals surface area contributed by atoms with Gasteiger partial charge in [-0.05, 0) is 19.1 Å². The molecule has 1 unspecified atom stereocenters. The Labute approximate surface area is 122 Å². The van der Waals surface area contributed by atoms with Gasteiger partial charge in [0.25, 0.3) is 0 Å². The molecule has 0 amide bonds. The lowest BCUT2D eigenvalue weighted by Crippen LogP contribution is -2.19. The van der Waals surface area contributed by atoms with Crippen LogP contribution in [-0.4, -0.2) is 11.7 Å². The van der Waals surface area contributed by atoms with Crippen molar-refractivity contribution >= 4 is 0 Å². The highest BCUT2D eigenvalue weighted by molar-refractivity contribution is 5.35. The molecule has 3 nitrogen and oxygen atoms in total. The van der Waals surface area contributed by atoms with Crippen molar-refractivity contribution in [3.63, 3.8) is 0 Å². The van der Waals surface area contributed by atoms with Gasteiger partial charge in [-0.25, -0.2) is 0 Å². The number of ether oxygens (including phenoxy) is 1. The molecule has 0 aromatic heterocycles. The lowest BCUT2D eigenvalue weighted by Gasteiger charge is -2.17. The molecule has 2 N–H and O–H groups in total. The number of hydrogen-bond acceptors (Lipinski definition) is 3. The normalized spacial score (nSPS) is 12.4. The maximum atomic E-state index is 12.3. The lowest BCUT2D eigenvalue weighted by atomic mass is 10.1. The molecule has 2 rings (SSSR count). The first-order valence-electron chi connectivity index (χ1n) is 6.62. The summed E-state index contributed by atoms with van der Waals surface area (Å²) < 4.78 is 29.2. The van der Waals surface area contributed by atoms with Crippen LogP contribution in [0.25, 0.3) is 0 Å². The molecule has 0 aliphatic heterocycles. The molecule has 2 aromatic rings. The van der Waals surface area contributed by atoms with Crippen molar-refractivity contribution in [2.75, 3.05) is 0 Å². The molecule has 0 fully saturated rings. The van der Waals surface area contributed by atoms with Crippen LogP contribution >= 0.6 is 0 Å². The lowest BCUT2D eigenvalue weighted by molar-refractivity contribution is -0.0505. The Morgan fingerprint density at radius 2 is 1.76 bits per heavy atom. The number of halogens is 2. The minimum absolute atomic E-state index is 0.120. The fourth-order valence-electron chi connectivity index (χ4n) is 2.09. The Morgan fingerprint density at radius 1 is 1.10 bits per heavy atom. The molecule has 5 heteroatoms. The van der Waals surface area contributed by atoms with Gasteiger partial charge in [0.05, 0.1) is 0 Å².